The van der Waals surface area contributed by atoms with Crippen LogP contribution >= 0.6 is 45.8 Å². The normalized spacial score (nSPS) is 24.2. The highest BCUT2D eigenvalue weighted by atomic mass is 127. The van der Waals surface area contributed by atoms with Gasteiger partial charge in [-0.15, -0.1) is 0 Å². The number of pyridine rings is 1. The number of hydrogen-bond donors (Lipinski definition) is 2. The number of phenols is 1. The maximum atomic E-state index is 15.5. The Balaban J connectivity index is 1.09. The first-order valence-corrected chi connectivity index (χ1v) is 21.7. The number of nitrogens with one attached hydrogen (secondary N) is 1. The molecule has 6 aromatic rings. The van der Waals surface area contributed by atoms with E-state index in [1.807, 2.05) is 46.9 Å². The molecule has 0 spiro atoms. The number of imide groups is 2. The van der Waals surface area contributed by atoms with E-state index in [9.17, 15) is 27.9 Å². The standard InChI is InChI=1S/C46H31Cl2F3IN5O7/c1-63-35-17-22(16-32(52)38(35)58)37-27-14-15-28-36(43(61)56(41(28)59)26-12-6-21(7-13-26)40-54-33-4-2-3-5-34(33)64-40)29(27)19-30-42(60)57(44(62)45(30,37)23-8-10-25(47)11-9-23)55-39-31(48)18-24(20-53-39)46(49,50)51/h2-14,16-18,20,28-30,36-37,58H,15,19H2,1H3,(H,53,55). The Morgan fingerprint density at radius 1 is 0.938 bits per heavy atom. The van der Waals surface area contributed by atoms with Crippen LogP contribution in [0.2, 0.25) is 10.0 Å². The Morgan fingerprint density at radius 3 is 2.36 bits per heavy atom. The van der Waals surface area contributed by atoms with E-state index in [1.165, 1.54) is 7.11 Å². The highest BCUT2D eigenvalue weighted by Gasteiger charge is 2.70. The fourth-order valence-corrected chi connectivity index (χ4v) is 11.0. The summed E-state index contributed by atoms with van der Waals surface area (Å²) in [5.41, 5.74) is 3.37. The molecule has 0 radical (unpaired) electrons. The topological polar surface area (TPSA) is 155 Å². The number of hydrazine groups is 1. The van der Waals surface area contributed by atoms with Crippen LogP contribution in [0.4, 0.5) is 24.7 Å². The quantitative estimate of drug-likeness (QED) is 0.0898. The number of methoxy groups -OCH3 is 1. The summed E-state index contributed by atoms with van der Waals surface area (Å²) < 4.78 is 52.7. The van der Waals surface area contributed by atoms with E-state index < -0.39 is 75.4 Å². The predicted octanol–water partition coefficient (Wildman–Crippen LogP) is 9.72. The molecule has 324 valence electrons. The van der Waals surface area contributed by atoms with Crippen LogP contribution in [0, 0.1) is 27.2 Å². The van der Waals surface area contributed by atoms with Gasteiger partial charge in [-0.05, 0) is 119 Å². The van der Waals surface area contributed by atoms with Crippen LogP contribution in [0.15, 0.2) is 113 Å². The Labute approximate surface area is 385 Å². The molecule has 6 unspecified atom stereocenters. The van der Waals surface area contributed by atoms with Crippen molar-refractivity contribution in [3.05, 3.63) is 139 Å². The number of allylic oxidation sites excluding steroid dienone is 2. The molecule has 18 heteroatoms. The van der Waals surface area contributed by atoms with Crippen molar-refractivity contribution < 1.29 is 46.6 Å². The largest absolute Gasteiger partial charge is 0.504 e. The molecule has 2 N–H and O–H groups in total. The van der Waals surface area contributed by atoms with Gasteiger partial charge in [0, 0.05) is 22.7 Å². The molecule has 0 bridgehead atoms. The van der Waals surface area contributed by atoms with Crippen LogP contribution in [0.5, 0.6) is 11.5 Å². The number of phenolic OH excluding ortho intramolecular Hbond substituents is 1. The molecule has 4 heterocycles. The minimum absolute atomic E-state index is 0.0770. The number of ether oxygens (including phenoxy) is 1. The number of carbonyl (C=O) groups excluding carboxylic acids is 4. The number of hydrogen-bond acceptors (Lipinski definition) is 10. The summed E-state index contributed by atoms with van der Waals surface area (Å²) in [6.45, 7) is 0. The van der Waals surface area contributed by atoms with Crippen LogP contribution in [0.1, 0.15) is 35.4 Å². The first-order chi connectivity index (χ1) is 30.6. The van der Waals surface area contributed by atoms with Crippen LogP contribution < -0.4 is 15.1 Å². The summed E-state index contributed by atoms with van der Waals surface area (Å²) in [7, 11) is 1.37. The van der Waals surface area contributed by atoms with Gasteiger partial charge in [0.2, 0.25) is 17.7 Å². The fourth-order valence-electron chi connectivity index (χ4n) is 10.1. The van der Waals surface area contributed by atoms with Gasteiger partial charge in [0.25, 0.3) is 11.8 Å². The molecule has 4 aromatic carbocycles. The van der Waals surface area contributed by atoms with Gasteiger partial charge in [0.15, 0.2) is 22.9 Å². The van der Waals surface area contributed by atoms with Gasteiger partial charge < -0.3 is 14.3 Å². The van der Waals surface area contributed by atoms with E-state index in [0.29, 0.717) is 65.8 Å². The summed E-state index contributed by atoms with van der Waals surface area (Å²) in [5, 5.41) is 11.6. The number of aromatic nitrogens is 2. The van der Waals surface area contributed by atoms with E-state index >= 15 is 9.59 Å². The first kappa shape index (κ1) is 42.0. The molecule has 1 saturated carbocycles. The minimum atomic E-state index is -4.77. The van der Waals surface area contributed by atoms with E-state index in [0.717, 1.165) is 9.91 Å². The summed E-state index contributed by atoms with van der Waals surface area (Å²) in [6.07, 6.45) is -2.34. The third-order valence-corrected chi connectivity index (χ3v) is 14.2. The molecular weight excluding hydrogens is 989 g/mol. The van der Waals surface area contributed by atoms with Crippen molar-refractivity contribution in [1.29, 1.82) is 0 Å². The van der Waals surface area contributed by atoms with Gasteiger partial charge in [-0.2, -0.15) is 18.2 Å². The zero-order valence-corrected chi connectivity index (χ0v) is 36.7. The number of amides is 4. The Hall–Kier alpha value is -5.98. The van der Waals surface area contributed by atoms with E-state index in [-0.39, 0.29) is 30.2 Å². The molecule has 6 atom stereocenters. The third kappa shape index (κ3) is 6.38. The SMILES string of the molecule is COc1cc(C2C3=CCC4C(=O)N(c5ccc(-c6nc7ccccc7o6)cc5)C(=O)C4C3CC3C(=O)N(Nc4ncc(C(F)(F)F)cc4Cl)C(=O)C32c2ccc(Cl)cc2)cc(I)c1O. The van der Waals surface area contributed by atoms with Gasteiger partial charge in [0.05, 0.1) is 50.1 Å². The van der Waals surface area contributed by atoms with Gasteiger partial charge in [-0.3, -0.25) is 29.5 Å². The van der Waals surface area contributed by atoms with Gasteiger partial charge in [-0.25, -0.2) is 9.97 Å². The smallest absolute Gasteiger partial charge is 0.417 e. The second-order valence-electron chi connectivity index (χ2n) is 16.0. The molecule has 10 rings (SSSR count). The summed E-state index contributed by atoms with van der Waals surface area (Å²) in [6, 6.07) is 24.3. The van der Waals surface area contributed by atoms with Crippen molar-refractivity contribution in [3.63, 3.8) is 0 Å². The molecule has 3 fully saturated rings. The van der Waals surface area contributed by atoms with Crippen molar-refractivity contribution in [2.75, 3.05) is 17.4 Å². The number of anilines is 2. The van der Waals surface area contributed by atoms with Crippen molar-refractivity contribution in [2.24, 2.45) is 23.7 Å². The molecule has 4 amide bonds. The fraction of sp³-hybridized carbons (Fsp3) is 0.217. The molecule has 2 aromatic heterocycles. The number of carbonyl (C=O) groups is 4. The van der Waals surface area contributed by atoms with Gasteiger partial charge in [0.1, 0.15) is 5.52 Å². The number of aromatic hydroxyl groups is 1. The van der Waals surface area contributed by atoms with E-state index in [4.69, 9.17) is 32.4 Å². The molecule has 2 aliphatic carbocycles. The average Bonchev–Trinajstić information content (AvgIpc) is 3.89. The number of benzene rings is 4. The lowest BCUT2D eigenvalue weighted by Gasteiger charge is -2.50. The second-order valence-corrected chi connectivity index (χ2v) is 18.0. The second kappa shape index (κ2) is 15.3. The van der Waals surface area contributed by atoms with E-state index in [1.54, 1.807) is 66.7 Å². The molecule has 4 aliphatic rings. The maximum Gasteiger partial charge on any atom is 0.417 e. The maximum absolute atomic E-state index is 15.5. The lowest BCUT2D eigenvalue weighted by atomic mass is 9.49. The van der Waals surface area contributed by atoms with Crippen molar-refractivity contribution in [2.45, 2.75) is 30.4 Å². The summed E-state index contributed by atoms with van der Waals surface area (Å²) >= 11 is 14.6. The molecule has 12 nitrogen and oxygen atoms in total. The molecule has 64 heavy (non-hydrogen) atoms. The first-order valence-electron chi connectivity index (χ1n) is 19.9. The van der Waals surface area contributed by atoms with Gasteiger partial charge >= 0.3 is 6.18 Å². The number of alkyl halides is 3. The van der Waals surface area contributed by atoms with Crippen LogP contribution in [-0.2, 0) is 30.8 Å². The van der Waals surface area contributed by atoms with Crippen LogP contribution in [0.3, 0.4) is 0 Å². The zero-order valence-electron chi connectivity index (χ0n) is 33.1. The Morgan fingerprint density at radius 2 is 1.67 bits per heavy atom. The number of fused-ring (bicyclic) bond motifs is 5. The van der Waals surface area contributed by atoms with Crippen LogP contribution in [0.25, 0.3) is 22.6 Å². The zero-order chi connectivity index (χ0) is 45.0. The number of rotatable bonds is 7. The van der Waals surface area contributed by atoms with E-state index in [2.05, 4.69) is 15.4 Å². The summed E-state index contributed by atoms with van der Waals surface area (Å²) in [5.74, 6) is -7.38. The summed E-state index contributed by atoms with van der Waals surface area (Å²) in [4.78, 5) is 69.5. The highest BCUT2D eigenvalue weighted by molar-refractivity contribution is 14.1. The highest BCUT2D eigenvalue weighted by Crippen LogP contribution is 2.65. The number of para-hydroxylation sites is 2. The van der Waals surface area contributed by atoms with Crippen molar-refractivity contribution in [1.82, 2.24) is 15.0 Å². The molecule has 2 saturated heterocycles. The third-order valence-electron chi connectivity index (χ3n) is 12.8. The van der Waals surface area contributed by atoms with Crippen LogP contribution in [-0.4, -0.2) is 50.8 Å². The molecule has 2 aliphatic heterocycles. The lowest BCUT2D eigenvalue weighted by molar-refractivity contribution is -0.139. The van der Waals surface area contributed by atoms with Crippen molar-refractivity contribution in [3.8, 4) is 23.0 Å². The van der Waals surface area contributed by atoms with Crippen molar-refractivity contribution >= 4 is 92.0 Å². The minimum Gasteiger partial charge on any atom is -0.504 e. The number of halogens is 6. The Bertz CT molecular complexity index is 2970. The van der Waals surface area contributed by atoms with Gasteiger partial charge in [-0.1, -0.05) is 59.1 Å². The number of oxazole rings is 1. The Kier molecular flexibility index (Phi) is 10.1. The number of nitrogens with zero attached hydrogens (tertiary/aromatic N) is 4. The molecular formula is C46H31Cl2F3IN5O7. The predicted molar refractivity (Wildman–Crippen MR) is 236 cm³/mol. The lowest BCUT2D eigenvalue weighted by Crippen LogP contribution is -2.53. The average molecular weight is 1020 g/mol. The monoisotopic (exact) mass is 1020 g/mol.